The van der Waals surface area contributed by atoms with Crippen LogP contribution in [-0.4, -0.2) is 49.0 Å². The minimum atomic E-state index is -0.668. The normalized spacial score (nSPS) is 21.5. The van der Waals surface area contributed by atoms with Crippen LogP contribution >= 0.6 is 0 Å². The number of ether oxygens (including phenoxy) is 3. The predicted molar refractivity (Wildman–Crippen MR) is 108 cm³/mol. The van der Waals surface area contributed by atoms with E-state index in [0.29, 0.717) is 43.0 Å². The van der Waals surface area contributed by atoms with Gasteiger partial charge in [-0.05, 0) is 56.2 Å². The molecule has 152 valence electrons. The number of hydrogen-bond donors (Lipinski definition) is 0. The first-order valence-electron chi connectivity index (χ1n) is 9.96. The molecular formula is C23H25NO5. The van der Waals surface area contributed by atoms with Crippen molar-refractivity contribution in [1.82, 2.24) is 4.90 Å². The number of benzene rings is 2. The molecule has 0 aliphatic carbocycles. The van der Waals surface area contributed by atoms with Gasteiger partial charge in [0.2, 0.25) is 6.10 Å². The van der Waals surface area contributed by atoms with Crippen molar-refractivity contribution < 1.29 is 23.8 Å². The Labute approximate surface area is 170 Å². The maximum Gasteiger partial charge on any atom is 0.267 e. The van der Waals surface area contributed by atoms with E-state index < -0.39 is 6.10 Å². The van der Waals surface area contributed by atoms with E-state index in [1.54, 1.807) is 42.3 Å². The van der Waals surface area contributed by atoms with Crippen molar-refractivity contribution in [3.63, 3.8) is 0 Å². The van der Waals surface area contributed by atoms with E-state index in [0.717, 1.165) is 5.75 Å². The Morgan fingerprint density at radius 3 is 2.21 bits per heavy atom. The van der Waals surface area contributed by atoms with Gasteiger partial charge in [-0.15, -0.1) is 0 Å². The van der Waals surface area contributed by atoms with Gasteiger partial charge in [0.15, 0.2) is 17.3 Å². The SMILES string of the molecule is COc1ccc(C(=O)C2CCN(C(=O)C3Oc4ccccc4OC3C)CC2)cc1. The number of likely N-dealkylation sites (tertiary alicyclic amines) is 1. The Hall–Kier alpha value is -3.02. The maximum absolute atomic E-state index is 13.0. The number of ketones is 1. The fourth-order valence-electron chi connectivity index (χ4n) is 3.92. The Morgan fingerprint density at radius 1 is 0.966 bits per heavy atom. The van der Waals surface area contributed by atoms with Gasteiger partial charge in [-0.2, -0.15) is 0 Å². The fourth-order valence-corrected chi connectivity index (χ4v) is 3.92. The second kappa shape index (κ2) is 8.15. The van der Waals surface area contributed by atoms with Crippen molar-refractivity contribution in [2.24, 2.45) is 5.92 Å². The molecular weight excluding hydrogens is 370 g/mol. The van der Waals surface area contributed by atoms with E-state index in [-0.39, 0.29) is 23.7 Å². The second-order valence-corrected chi connectivity index (χ2v) is 7.50. The number of methoxy groups -OCH3 is 1. The summed E-state index contributed by atoms with van der Waals surface area (Å²) in [6.07, 6.45) is 0.263. The molecule has 2 aromatic carbocycles. The van der Waals surface area contributed by atoms with Crippen LogP contribution in [0.3, 0.4) is 0 Å². The third-order valence-corrected chi connectivity index (χ3v) is 5.64. The van der Waals surface area contributed by atoms with Crippen LogP contribution in [0.4, 0.5) is 0 Å². The number of Topliss-reactive ketones (excluding diaryl/α,β-unsaturated/α-hetero) is 1. The average molecular weight is 395 g/mol. The lowest BCUT2D eigenvalue weighted by Gasteiger charge is -2.37. The van der Waals surface area contributed by atoms with E-state index in [2.05, 4.69) is 0 Å². The average Bonchev–Trinajstić information content (AvgIpc) is 2.78. The van der Waals surface area contributed by atoms with E-state index in [4.69, 9.17) is 14.2 Å². The first-order valence-corrected chi connectivity index (χ1v) is 9.96. The summed E-state index contributed by atoms with van der Waals surface area (Å²) < 4.78 is 16.9. The molecule has 0 bridgehead atoms. The van der Waals surface area contributed by atoms with Gasteiger partial charge in [0.1, 0.15) is 11.9 Å². The lowest BCUT2D eigenvalue weighted by Crippen LogP contribution is -2.52. The molecule has 6 nitrogen and oxygen atoms in total. The molecule has 0 N–H and O–H groups in total. The number of nitrogens with zero attached hydrogens (tertiary/aromatic N) is 1. The van der Waals surface area contributed by atoms with E-state index in [1.165, 1.54) is 0 Å². The molecule has 29 heavy (non-hydrogen) atoms. The van der Waals surface area contributed by atoms with Gasteiger partial charge in [0.25, 0.3) is 5.91 Å². The van der Waals surface area contributed by atoms with Gasteiger partial charge < -0.3 is 19.1 Å². The van der Waals surface area contributed by atoms with Crippen LogP contribution in [-0.2, 0) is 4.79 Å². The highest BCUT2D eigenvalue weighted by Gasteiger charge is 2.38. The summed E-state index contributed by atoms with van der Waals surface area (Å²) >= 11 is 0. The van der Waals surface area contributed by atoms with Gasteiger partial charge >= 0.3 is 0 Å². The fraction of sp³-hybridized carbons (Fsp3) is 0.391. The summed E-state index contributed by atoms with van der Waals surface area (Å²) in [5.74, 6) is 1.95. The molecule has 0 saturated carbocycles. The number of carbonyl (C=O) groups is 2. The number of piperidine rings is 1. The van der Waals surface area contributed by atoms with Crippen molar-refractivity contribution in [3.8, 4) is 17.2 Å². The summed E-state index contributed by atoms with van der Waals surface area (Å²) in [7, 11) is 1.60. The zero-order valence-electron chi connectivity index (χ0n) is 16.7. The molecule has 2 atom stereocenters. The predicted octanol–water partition coefficient (Wildman–Crippen LogP) is 3.35. The highest BCUT2D eigenvalue weighted by molar-refractivity contribution is 5.98. The van der Waals surface area contributed by atoms with Crippen molar-refractivity contribution in [3.05, 3.63) is 54.1 Å². The van der Waals surface area contributed by atoms with Gasteiger partial charge in [-0.1, -0.05) is 12.1 Å². The Bertz CT molecular complexity index is 886. The number of rotatable bonds is 4. The van der Waals surface area contributed by atoms with Gasteiger partial charge in [0.05, 0.1) is 7.11 Å². The Kier molecular flexibility index (Phi) is 5.43. The van der Waals surface area contributed by atoms with Crippen LogP contribution in [0.2, 0.25) is 0 Å². The molecule has 0 radical (unpaired) electrons. The molecule has 1 amide bonds. The summed E-state index contributed by atoms with van der Waals surface area (Å²) in [6.45, 7) is 2.93. The van der Waals surface area contributed by atoms with Gasteiger partial charge in [-0.25, -0.2) is 0 Å². The van der Waals surface area contributed by atoms with Crippen molar-refractivity contribution in [1.29, 1.82) is 0 Å². The van der Waals surface area contributed by atoms with E-state index >= 15 is 0 Å². The number of amides is 1. The Morgan fingerprint density at radius 2 is 1.59 bits per heavy atom. The molecule has 0 aromatic heterocycles. The zero-order valence-corrected chi connectivity index (χ0v) is 16.7. The van der Waals surface area contributed by atoms with Crippen molar-refractivity contribution >= 4 is 11.7 Å². The first kappa shape index (κ1) is 19.3. The molecule has 1 fully saturated rings. The smallest absolute Gasteiger partial charge is 0.267 e. The van der Waals surface area contributed by atoms with Crippen LogP contribution in [0, 0.1) is 5.92 Å². The standard InChI is InChI=1S/C23H25NO5/c1-15-22(29-20-6-4-3-5-19(20)28-15)23(26)24-13-11-17(12-14-24)21(25)16-7-9-18(27-2)10-8-16/h3-10,15,17,22H,11-14H2,1-2H3. The second-order valence-electron chi connectivity index (χ2n) is 7.50. The topological polar surface area (TPSA) is 65.1 Å². The van der Waals surface area contributed by atoms with Crippen molar-refractivity contribution in [2.45, 2.75) is 32.0 Å². The Balaban J connectivity index is 1.36. The van der Waals surface area contributed by atoms with E-state index in [1.807, 2.05) is 25.1 Å². The minimum absolute atomic E-state index is 0.0749. The highest BCUT2D eigenvalue weighted by Crippen LogP contribution is 2.34. The lowest BCUT2D eigenvalue weighted by atomic mass is 9.88. The van der Waals surface area contributed by atoms with Gasteiger partial charge in [0, 0.05) is 24.6 Å². The molecule has 4 rings (SSSR count). The van der Waals surface area contributed by atoms with Crippen LogP contribution in [0.1, 0.15) is 30.1 Å². The van der Waals surface area contributed by atoms with Crippen LogP contribution in [0.5, 0.6) is 17.2 Å². The monoisotopic (exact) mass is 395 g/mol. The minimum Gasteiger partial charge on any atom is -0.497 e. The zero-order chi connectivity index (χ0) is 20.4. The summed E-state index contributed by atoms with van der Waals surface area (Å²) in [4.78, 5) is 27.6. The molecule has 2 heterocycles. The van der Waals surface area contributed by atoms with Gasteiger partial charge in [-0.3, -0.25) is 9.59 Å². The third kappa shape index (κ3) is 3.92. The molecule has 2 aliphatic heterocycles. The molecule has 2 aromatic rings. The van der Waals surface area contributed by atoms with Crippen LogP contribution in [0.15, 0.2) is 48.5 Å². The maximum atomic E-state index is 13.0. The number of hydrogen-bond acceptors (Lipinski definition) is 5. The first-order chi connectivity index (χ1) is 14.1. The molecule has 2 aliphatic rings. The highest BCUT2D eigenvalue weighted by atomic mass is 16.6. The number of para-hydroxylation sites is 2. The molecule has 0 spiro atoms. The summed E-state index contributed by atoms with van der Waals surface area (Å²) in [5, 5.41) is 0. The molecule has 1 saturated heterocycles. The molecule has 2 unspecified atom stereocenters. The van der Waals surface area contributed by atoms with Crippen LogP contribution in [0.25, 0.3) is 0 Å². The summed E-state index contributed by atoms with van der Waals surface area (Å²) in [6, 6.07) is 14.6. The largest absolute Gasteiger partial charge is 0.497 e. The third-order valence-electron chi connectivity index (χ3n) is 5.64. The quantitative estimate of drug-likeness (QED) is 0.743. The van der Waals surface area contributed by atoms with Crippen molar-refractivity contribution in [2.75, 3.05) is 20.2 Å². The summed E-state index contributed by atoms with van der Waals surface area (Å²) in [5.41, 5.74) is 0.685. The van der Waals surface area contributed by atoms with E-state index in [9.17, 15) is 9.59 Å². The van der Waals surface area contributed by atoms with Crippen LogP contribution < -0.4 is 14.2 Å². The lowest BCUT2D eigenvalue weighted by molar-refractivity contribution is -0.145. The number of fused-ring (bicyclic) bond motifs is 1. The molecule has 6 heteroatoms. The number of carbonyl (C=O) groups excluding carboxylic acids is 2.